The quantitative estimate of drug-likeness (QED) is 0.197. The smallest absolute Gasteiger partial charge is 0.280 e. The number of piperazine rings is 1. The van der Waals surface area contributed by atoms with Crippen molar-refractivity contribution in [1.82, 2.24) is 20.0 Å². The monoisotopic (exact) mass is 458 g/mol. The van der Waals surface area contributed by atoms with E-state index in [0.717, 1.165) is 57.4 Å². The molecule has 0 unspecified atom stereocenters. The molecule has 0 amide bonds. The molecule has 1 aromatic carbocycles. The molecule has 3 aromatic heterocycles. The number of aromatic nitrogens is 5. The zero-order chi connectivity index (χ0) is 23.9. The predicted octanol–water partition coefficient (Wildman–Crippen LogP) is 1.99. The highest BCUT2D eigenvalue weighted by atomic mass is 16.5. The van der Waals surface area contributed by atoms with E-state index in [1.807, 2.05) is 37.5 Å². The van der Waals surface area contributed by atoms with Crippen molar-refractivity contribution in [1.29, 1.82) is 0 Å². The van der Waals surface area contributed by atoms with E-state index in [2.05, 4.69) is 34.3 Å². The third kappa shape index (κ3) is 4.47. The Kier molecular flexibility index (Phi) is 5.49. The summed E-state index contributed by atoms with van der Waals surface area (Å²) in [6.45, 7) is 3.48. The molecule has 1 fully saturated rings. The van der Waals surface area contributed by atoms with Gasteiger partial charge in [0, 0.05) is 41.5 Å². The summed E-state index contributed by atoms with van der Waals surface area (Å²) in [6, 6.07) is 11.3. The van der Waals surface area contributed by atoms with Crippen LogP contribution in [-0.2, 0) is 13.5 Å². The third-order valence-electron chi connectivity index (χ3n) is 6.51. The largest absolute Gasteiger partial charge is 0.711 e. The average molecular weight is 459 g/mol. The lowest BCUT2D eigenvalue weighted by Gasteiger charge is -2.36. The number of hydrogen-bond donors (Lipinski definition) is 0. The molecule has 1 aliphatic rings. The number of hydrogen-bond acceptors (Lipinski definition) is 6. The molecule has 34 heavy (non-hydrogen) atoms. The zero-order valence-corrected chi connectivity index (χ0v) is 19.7. The number of nitrogens with zero attached hydrogens (tertiary/aromatic N) is 7. The van der Waals surface area contributed by atoms with Crippen LogP contribution in [0.2, 0.25) is 0 Å². The second-order valence-corrected chi connectivity index (χ2v) is 9.58. The Bertz CT molecular complexity index is 1370. The van der Waals surface area contributed by atoms with Gasteiger partial charge in [0.15, 0.2) is 5.78 Å². The van der Waals surface area contributed by atoms with Crippen molar-refractivity contribution in [2.45, 2.75) is 6.42 Å². The fourth-order valence-electron chi connectivity index (χ4n) is 4.30. The van der Waals surface area contributed by atoms with Crippen LogP contribution in [0.1, 0.15) is 16.1 Å². The lowest BCUT2D eigenvalue weighted by molar-refractivity contribution is -0.890. The average Bonchev–Trinajstić information content (AvgIpc) is 3.25. The van der Waals surface area contributed by atoms with Gasteiger partial charge in [0.25, 0.3) is 5.82 Å². The molecule has 0 radical (unpaired) electrons. The van der Waals surface area contributed by atoms with Gasteiger partial charge in [-0.15, -0.1) is 5.10 Å². The zero-order valence-electron chi connectivity index (χ0n) is 19.7. The molecule has 1 saturated heterocycles. The maximum atomic E-state index is 13.1. The van der Waals surface area contributed by atoms with E-state index in [-0.39, 0.29) is 12.2 Å². The number of pyridine rings is 2. The molecular formula is C25H28N7O2+. The van der Waals surface area contributed by atoms with E-state index in [9.17, 15) is 10.0 Å². The molecular weight excluding hydrogens is 430 g/mol. The number of anilines is 1. The van der Waals surface area contributed by atoms with E-state index in [4.69, 9.17) is 0 Å². The molecule has 0 aliphatic carbocycles. The first-order chi connectivity index (χ1) is 16.3. The molecule has 1 aliphatic heterocycles. The lowest BCUT2D eigenvalue weighted by atomic mass is 10.0. The van der Waals surface area contributed by atoms with Crippen LogP contribution in [0, 0.1) is 5.21 Å². The van der Waals surface area contributed by atoms with Gasteiger partial charge in [0.2, 0.25) is 0 Å². The highest BCUT2D eigenvalue weighted by molar-refractivity contribution is 5.98. The number of carbonyl (C=O) groups excluding carboxylic acids is 1. The summed E-state index contributed by atoms with van der Waals surface area (Å²) in [7, 11) is 6.21. The van der Waals surface area contributed by atoms with Gasteiger partial charge in [-0.05, 0) is 23.6 Å². The van der Waals surface area contributed by atoms with Crippen molar-refractivity contribution in [3.8, 4) is 11.3 Å². The van der Waals surface area contributed by atoms with Crippen LogP contribution >= 0.6 is 0 Å². The van der Waals surface area contributed by atoms with Gasteiger partial charge in [0.05, 0.1) is 32.9 Å². The highest BCUT2D eigenvalue weighted by Gasteiger charge is 2.30. The summed E-state index contributed by atoms with van der Waals surface area (Å²) >= 11 is 0. The molecule has 174 valence electrons. The Balaban J connectivity index is 1.37. The summed E-state index contributed by atoms with van der Waals surface area (Å²) in [5.74, 6) is 0.470. The van der Waals surface area contributed by atoms with Gasteiger partial charge in [-0.25, -0.2) is 9.63 Å². The number of aryl methyl sites for hydroxylation is 1. The van der Waals surface area contributed by atoms with Crippen molar-refractivity contribution >= 4 is 22.4 Å². The Morgan fingerprint density at radius 2 is 1.91 bits per heavy atom. The number of quaternary nitrogens is 1. The van der Waals surface area contributed by atoms with Crippen LogP contribution in [0.3, 0.4) is 0 Å². The molecule has 4 heterocycles. The van der Waals surface area contributed by atoms with Gasteiger partial charge in [-0.1, -0.05) is 17.3 Å². The lowest BCUT2D eigenvalue weighted by Crippen LogP contribution is -2.56. The number of carbonyl (C=O) groups is 1. The van der Waals surface area contributed by atoms with E-state index in [0.29, 0.717) is 17.1 Å². The highest BCUT2D eigenvalue weighted by Crippen LogP contribution is 2.23. The first kappa shape index (κ1) is 22.0. The fraction of sp³-hybridized carbons (Fsp3) is 0.320. The van der Waals surface area contributed by atoms with Crippen LogP contribution in [0.25, 0.3) is 22.0 Å². The van der Waals surface area contributed by atoms with Gasteiger partial charge in [-0.3, -0.25) is 14.5 Å². The third-order valence-corrected chi connectivity index (χ3v) is 6.51. The van der Waals surface area contributed by atoms with Crippen LogP contribution in [0.15, 0.2) is 55.0 Å². The maximum absolute atomic E-state index is 13.1. The van der Waals surface area contributed by atoms with Crippen molar-refractivity contribution in [2.75, 3.05) is 45.2 Å². The molecule has 0 N–H and O–H groups in total. The summed E-state index contributed by atoms with van der Waals surface area (Å²) in [4.78, 5) is 19.7. The first-order valence-corrected chi connectivity index (χ1v) is 11.4. The van der Waals surface area contributed by atoms with Crippen LogP contribution in [-0.4, -0.2) is 70.5 Å². The van der Waals surface area contributed by atoms with Crippen molar-refractivity contribution < 1.29 is 14.0 Å². The topological polar surface area (TPSA) is 90.8 Å². The Morgan fingerprint density at radius 3 is 2.65 bits per heavy atom. The minimum atomic E-state index is -0.0631. The molecule has 0 atom stereocenters. The van der Waals surface area contributed by atoms with Crippen LogP contribution in [0.5, 0.6) is 0 Å². The van der Waals surface area contributed by atoms with Gasteiger partial charge in [-0.2, -0.15) is 0 Å². The molecule has 5 rings (SSSR count). The SMILES string of the molecule is Cn1cc(-c2ccc3cnc(CC(=O)c4cc[n+]([O-])c(N5CC[N+](C)(C)CC5)c4)cc3c2)nn1. The normalized spacial score (nSPS) is 15.6. The molecule has 0 spiro atoms. The molecule has 0 saturated carbocycles. The predicted molar refractivity (Wildman–Crippen MR) is 129 cm³/mol. The van der Waals surface area contributed by atoms with Crippen molar-refractivity contribution in [3.63, 3.8) is 0 Å². The minimum absolute atomic E-state index is 0.0631. The Labute approximate surface area is 198 Å². The first-order valence-electron chi connectivity index (χ1n) is 11.4. The maximum Gasteiger partial charge on any atom is 0.280 e. The van der Waals surface area contributed by atoms with Gasteiger partial charge >= 0.3 is 0 Å². The second kappa shape index (κ2) is 8.49. The van der Waals surface area contributed by atoms with Gasteiger partial charge < -0.3 is 9.69 Å². The number of Topliss-reactive ketones (excluding diaryl/α,β-unsaturated/α-hetero) is 1. The standard InChI is InChI=1S/C25H28N7O2/c1-29-17-23(27-28-29)18-4-5-20-16-26-22(13-21(20)12-18)15-24(33)19-6-7-31(34)25(14-19)30-8-10-32(2,3)11-9-30/h4-7,12-14,16-17H,8-11,15H2,1-3H3/q+1. The van der Waals surface area contributed by atoms with E-state index in [1.165, 1.54) is 6.20 Å². The second-order valence-electron chi connectivity index (χ2n) is 9.58. The summed E-state index contributed by atoms with van der Waals surface area (Å²) in [5, 5.41) is 22.6. The molecule has 4 aromatic rings. The van der Waals surface area contributed by atoms with Gasteiger partial charge in [0.1, 0.15) is 31.9 Å². The molecule has 9 nitrogen and oxygen atoms in total. The number of ketones is 1. The van der Waals surface area contributed by atoms with Crippen LogP contribution < -0.4 is 9.63 Å². The van der Waals surface area contributed by atoms with Crippen molar-refractivity contribution in [3.05, 3.63) is 71.5 Å². The number of fused-ring (bicyclic) bond motifs is 1. The Morgan fingerprint density at radius 1 is 1.12 bits per heavy atom. The number of likely N-dealkylation sites (N-methyl/N-ethyl adjacent to an activating group) is 1. The summed E-state index contributed by atoms with van der Waals surface area (Å²) < 4.78 is 3.45. The van der Waals surface area contributed by atoms with E-state index >= 15 is 0 Å². The van der Waals surface area contributed by atoms with E-state index in [1.54, 1.807) is 23.0 Å². The fourth-order valence-corrected chi connectivity index (χ4v) is 4.30. The van der Waals surface area contributed by atoms with Crippen LogP contribution in [0.4, 0.5) is 5.82 Å². The minimum Gasteiger partial charge on any atom is -0.711 e. The number of rotatable bonds is 5. The summed E-state index contributed by atoms with van der Waals surface area (Å²) in [5.41, 5.74) is 2.96. The van der Waals surface area contributed by atoms with E-state index < -0.39 is 0 Å². The Hall–Kier alpha value is -3.85. The molecule has 9 heteroatoms. The molecule has 0 bridgehead atoms. The summed E-state index contributed by atoms with van der Waals surface area (Å²) in [6.07, 6.45) is 5.24. The number of benzene rings is 1. The van der Waals surface area contributed by atoms with Crippen molar-refractivity contribution in [2.24, 2.45) is 7.05 Å².